The lowest BCUT2D eigenvalue weighted by molar-refractivity contribution is 0.225. The topological polar surface area (TPSA) is 9.23 Å². The third-order valence-electron chi connectivity index (χ3n) is 2.54. The summed E-state index contributed by atoms with van der Waals surface area (Å²) in [6, 6.07) is 8.22. The molecule has 0 saturated heterocycles. The number of halogens is 1. The monoisotopic (exact) mass is 266 g/mol. The lowest BCUT2D eigenvalue weighted by atomic mass is 9.91. The minimum absolute atomic E-state index is 0.0993. The van der Waals surface area contributed by atoms with Crippen molar-refractivity contribution in [2.75, 3.05) is 11.9 Å². The van der Waals surface area contributed by atoms with Gasteiger partial charge in [0.25, 0.3) is 0 Å². The van der Waals surface area contributed by atoms with E-state index in [0.717, 1.165) is 17.7 Å². The summed E-state index contributed by atoms with van der Waals surface area (Å²) in [5.41, 5.74) is 2.62. The normalized spacial score (nSPS) is 18.5. The maximum Gasteiger partial charge on any atom is 0.126 e. The van der Waals surface area contributed by atoms with E-state index < -0.39 is 0 Å². The van der Waals surface area contributed by atoms with Crippen molar-refractivity contribution in [3.8, 4) is 5.75 Å². The maximum atomic E-state index is 5.82. The van der Waals surface area contributed by atoms with Crippen LogP contribution in [0.1, 0.15) is 19.4 Å². The number of allylic oxidation sites excluding steroid dienone is 1. The zero-order valence-electron chi connectivity index (χ0n) is 9.09. The molecule has 0 bridgehead atoms. The van der Waals surface area contributed by atoms with E-state index in [-0.39, 0.29) is 5.41 Å². The number of rotatable bonds is 1. The molecule has 1 aromatic carbocycles. The van der Waals surface area contributed by atoms with Crippen molar-refractivity contribution >= 4 is 21.5 Å². The standard InChI is InChI=1S/C13H15BrO/c1-13(2)7-10(8-14)11-5-3-4-6-12(11)15-9-13/h3-7H,8-9H2,1-2H3. The van der Waals surface area contributed by atoms with Crippen LogP contribution in [0.2, 0.25) is 0 Å². The molecule has 1 aromatic rings. The largest absolute Gasteiger partial charge is 0.492 e. The van der Waals surface area contributed by atoms with Gasteiger partial charge in [-0.15, -0.1) is 0 Å². The molecule has 0 unspecified atom stereocenters. The molecule has 0 saturated carbocycles. The van der Waals surface area contributed by atoms with Gasteiger partial charge in [-0.25, -0.2) is 0 Å². The van der Waals surface area contributed by atoms with Crippen LogP contribution in [0.5, 0.6) is 5.75 Å². The van der Waals surface area contributed by atoms with E-state index in [1.54, 1.807) is 0 Å². The van der Waals surface area contributed by atoms with Crippen molar-refractivity contribution in [3.63, 3.8) is 0 Å². The Hall–Kier alpha value is -0.760. The smallest absolute Gasteiger partial charge is 0.126 e. The number of para-hydroxylation sites is 1. The van der Waals surface area contributed by atoms with Gasteiger partial charge in [-0.3, -0.25) is 0 Å². The molecule has 1 aliphatic heterocycles. The van der Waals surface area contributed by atoms with Gasteiger partial charge in [0.05, 0.1) is 6.61 Å². The highest BCUT2D eigenvalue weighted by Crippen LogP contribution is 2.35. The number of fused-ring (bicyclic) bond motifs is 1. The van der Waals surface area contributed by atoms with Crippen molar-refractivity contribution in [1.82, 2.24) is 0 Å². The summed E-state index contributed by atoms with van der Waals surface area (Å²) in [4.78, 5) is 0. The second-order valence-corrected chi connectivity index (χ2v) is 5.14. The third kappa shape index (κ3) is 2.25. The molecule has 0 amide bonds. The number of hydrogen-bond acceptors (Lipinski definition) is 1. The van der Waals surface area contributed by atoms with Crippen molar-refractivity contribution in [1.29, 1.82) is 0 Å². The van der Waals surface area contributed by atoms with Crippen LogP contribution < -0.4 is 4.74 Å². The second-order valence-electron chi connectivity index (χ2n) is 4.58. The Morgan fingerprint density at radius 2 is 2.07 bits per heavy atom. The Morgan fingerprint density at radius 3 is 2.80 bits per heavy atom. The molecule has 0 aromatic heterocycles. The third-order valence-corrected chi connectivity index (χ3v) is 3.15. The molecule has 0 fully saturated rings. The molecular formula is C13H15BrO. The van der Waals surface area contributed by atoms with Crippen LogP contribution in [0.4, 0.5) is 0 Å². The lowest BCUT2D eigenvalue weighted by Gasteiger charge is -2.18. The molecular weight excluding hydrogens is 252 g/mol. The van der Waals surface area contributed by atoms with E-state index in [1.165, 1.54) is 11.1 Å². The zero-order valence-corrected chi connectivity index (χ0v) is 10.7. The van der Waals surface area contributed by atoms with Gasteiger partial charge in [-0.1, -0.05) is 54.1 Å². The van der Waals surface area contributed by atoms with Gasteiger partial charge in [0.1, 0.15) is 5.75 Å². The summed E-state index contributed by atoms with van der Waals surface area (Å²) in [7, 11) is 0. The predicted molar refractivity (Wildman–Crippen MR) is 67.5 cm³/mol. The molecule has 15 heavy (non-hydrogen) atoms. The maximum absolute atomic E-state index is 5.82. The van der Waals surface area contributed by atoms with Crippen molar-refractivity contribution in [2.45, 2.75) is 13.8 Å². The predicted octanol–water partition coefficient (Wildman–Crippen LogP) is 3.88. The highest BCUT2D eigenvalue weighted by molar-refractivity contribution is 9.09. The Morgan fingerprint density at radius 1 is 1.33 bits per heavy atom. The quantitative estimate of drug-likeness (QED) is 0.701. The van der Waals surface area contributed by atoms with Gasteiger partial charge in [0, 0.05) is 16.3 Å². The highest BCUT2D eigenvalue weighted by Gasteiger charge is 2.22. The van der Waals surface area contributed by atoms with Crippen molar-refractivity contribution in [2.24, 2.45) is 5.41 Å². The van der Waals surface area contributed by atoms with E-state index in [4.69, 9.17) is 4.74 Å². The molecule has 0 aliphatic carbocycles. The molecule has 0 atom stereocenters. The van der Waals surface area contributed by atoms with Gasteiger partial charge in [0.15, 0.2) is 0 Å². The van der Waals surface area contributed by atoms with E-state index in [0.29, 0.717) is 0 Å². The van der Waals surface area contributed by atoms with Crippen LogP contribution in [0.3, 0.4) is 0 Å². The van der Waals surface area contributed by atoms with E-state index in [9.17, 15) is 0 Å². The SMILES string of the molecule is CC1(C)C=C(CBr)c2ccccc2OC1. The molecule has 0 N–H and O–H groups in total. The van der Waals surface area contributed by atoms with E-state index >= 15 is 0 Å². The van der Waals surface area contributed by atoms with Crippen LogP contribution in [-0.4, -0.2) is 11.9 Å². The first-order valence-corrected chi connectivity index (χ1v) is 6.24. The molecule has 80 valence electrons. The fourth-order valence-corrected chi connectivity index (χ4v) is 2.29. The van der Waals surface area contributed by atoms with Crippen molar-refractivity contribution in [3.05, 3.63) is 35.9 Å². The fraction of sp³-hybridized carbons (Fsp3) is 0.385. The highest BCUT2D eigenvalue weighted by atomic mass is 79.9. The molecule has 0 radical (unpaired) electrons. The van der Waals surface area contributed by atoms with Gasteiger partial charge in [-0.2, -0.15) is 0 Å². The van der Waals surface area contributed by atoms with Crippen molar-refractivity contribution < 1.29 is 4.74 Å². The first kappa shape index (κ1) is 10.7. The van der Waals surface area contributed by atoms with Crippen LogP contribution in [-0.2, 0) is 0 Å². The van der Waals surface area contributed by atoms with Gasteiger partial charge in [0.2, 0.25) is 0 Å². The summed E-state index contributed by atoms with van der Waals surface area (Å²) >= 11 is 3.54. The first-order valence-electron chi connectivity index (χ1n) is 5.12. The van der Waals surface area contributed by atoms with E-state index in [2.05, 4.69) is 48.0 Å². The summed E-state index contributed by atoms with van der Waals surface area (Å²) < 4.78 is 5.82. The average Bonchev–Trinajstić information content (AvgIpc) is 2.36. The Bertz CT molecular complexity index is 393. The lowest BCUT2D eigenvalue weighted by Crippen LogP contribution is -2.17. The van der Waals surface area contributed by atoms with Crippen LogP contribution in [0, 0.1) is 5.41 Å². The molecule has 1 heterocycles. The zero-order chi connectivity index (χ0) is 10.9. The number of alkyl halides is 1. The van der Waals surface area contributed by atoms with Crippen LogP contribution in [0.25, 0.3) is 5.57 Å². The van der Waals surface area contributed by atoms with E-state index in [1.807, 2.05) is 12.1 Å². The van der Waals surface area contributed by atoms with Gasteiger partial charge >= 0.3 is 0 Å². The molecule has 0 spiro atoms. The average molecular weight is 267 g/mol. The van der Waals surface area contributed by atoms with Gasteiger partial charge in [-0.05, 0) is 11.6 Å². The second kappa shape index (κ2) is 4.01. The molecule has 1 aliphatic rings. The number of ether oxygens (including phenoxy) is 1. The molecule has 1 nitrogen and oxygen atoms in total. The Labute approximate surface area is 99.3 Å². The van der Waals surface area contributed by atoms with Gasteiger partial charge < -0.3 is 4.74 Å². The number of benzene rings is 1. The summed E-state index contributed by atoms with van der Waals surface area (Å²) in [6.45, 7) is 5.13. The fourth-order valence-electron chi connectivity index (χ4n) is 1.82. The summed E-state index contributed by atoms with van der Waals surface area (Å²) in [5, 5.41) is 0.872. The minimum Gasteiger partial charge on any atom is -0.492 e. The first-order chi connectivity index (χ1) is 7.12. The summed E-state index contributed by atoms with van der Waals surface area (Å²) in [5.74, 6) is 0.994. The molecule has 2 rings (SSSR count). The summed E-state index contributed by atoms with van der Waals surface area (Å²) in [6.07, 6.45) is 2.30. The van der Waals surface area contributed by atoms with Crippen LogP contribution in [0.15, 0.2) is 30.3 Å². The Balaban J connectivity index is 2.51. The van der Waals surface area contributed by atoms with Crippen LogP contribution >= 0.6 is 15.9 Å². The minimum atomic E-state index is 0.0993. The number of hydrogen-bond donors (Lipinski definition) is 0. The Kier molecular flexibility index (Phi) is 2.87. The molecule has 2 heteroatoms.